The van der Waals surface area contributed by atoms with Gasteiger partial charge in [0.1, 0.15) is 6.61 Å². The van der Waals surface area contributed by atoms with E-state index in [1.54, 1.807) is 0 Å². The monoisotopic (exact) mass is 261 g/mol. The quantitative estimate of drug-likeness (QED) is 0.794. The van der Waals surface area contributed by atoms with Crippen molar-refractivity contribution in [2.45, 2.75) is 26.5 Å². The molecule has 0 heterocycles. The smallest absolute Gasteiger partial charge is 0.104 e. The molecule has 0 bridgehead atoms. The molecule has 1 aromatic carbocycles. The summed E-state index contributed by atoms with van der Waals surface area (Å²) in [4.78, 5) is 2.23. The highest BCUT2D eigenvalue weighted by atomic mass is 16.5. The molecule has 0 radical (unpaired) electrons. The molecule has 0 aromatic heterocycles. The predicted octanol–water partition coefficient (Wildman–Crippen LogP) is 1.89. The zero-order valence-electron chi connectivity index (χ0n) is 12.0. The fourth-order valence-corrected chi connectivity index (χ4v) is 1.67. The Morgan fingerprint density at radius 3 is 2.53 bits per heavy atom. The van der Waals surface area contributed by atoms with Gasteiger partial charge in [-0.1, -0.05) is 24.0 Å². The van der Waals surface area contributed by atoms with Gasteiger partial charge >= 0.3 is 0 Å². The van der Waals surface area contributed by atoms with Crippen LogP contribution in [0.15, 0.2) is 24.3 Å². The number of rotatable bonds is 6. The number of aliphatic hydroxyl groups excluding tert-OH is 1. The summed E-state index contributed by atoms with van der Waals surface area (Å²) in [5, 5.41) is 8.63. The number of benzene rings is 1. The Morgan fingerprint density at radius 1 is 1.26 bits per heavy atom. The maximum Gasteiger partial charge on any atom is 0.104 e. The van der Waals surface area contributed by atoms with Crippen molar-refractivity contribution >= 4 is 0 Å². The van der Waals surface area contributed by atoms with Gasteiger partial charge in [0.25, 0.3) is 0 Å². The molecular weight excluding hydrogens is 238 g/mol. The molecule has 0 aliphatic carbocycles. The van der Waals surface area contributed by atoms with E-state index < -0.39 is 0 Å². The van der Waals surface area contributed by atoms with Crippen molar-refractivity contribution in [1.82, 2.24) is 4.90 Å². The Balaban J connectivity index is 2.40. The minimum Gasteiger partial charge on any atom is -0.384 e. The van der Waals surface area contributed by atoms with Gasteiger partial charge in [0, 0.05) is 18.7 Å². The van der Waals surface area contributed by atoms with E-state index in [1.807, 2.05) is 26.0 Å². The van der Waals surface area contributed by atoms with Crippen molar-refractivity contribution in [1.29, 1.82) is 0 Å². The molecule has 1 N–H and O–H groups in total. The van der Waals surface area contributed by atoms with E-state index in [4.69, 9.17) is 9.84 Å². The summed E-state index contributed by atoms with van der Waals surface area (Å²) in [5.41, 5.74) is 2.19. The second kappa shape index (κ2) is 8.71. The first-order chi connectivity index (χ1) is 9.11. The molecule has 0 fully saturated rings. The third kappa shape index (κ3) is 6.97. The van der Waals surface area contributed by atoms with E-state index in [2.05, 4.69) is 35.9 Å². The van der Waals surface area contributed by atoms with E-state index in [0.29, 0.717) is 0 Å². The van der Waals surface area contributed by atoms with Gasteiger partial charge in [-0.05, 0) is 38.6 Å². The van der Waals surface area contributed by atoms with Crippen LogP contribution in [-0.4, -0.2) is 42.9 Å². The van der Waals surface area contributed by atoms with Crippen LogP contribution in [0, 0.1) is 11.8 Å². The van der Waals surface area contributed by atoms with Crippen LogP contribution in [0.2, 0.25) is 0 Å². The minimum absolute atomic E-state index is 0.0969. The number of hydrogen-bond acceptors (Lipinski definition) is 3. The van der Waals surface area contributed by atoms with Gasteiger partial charge in [-0.25, -0.2) is 0 Å². The summed E-state index contributed by atoms with van der Waals surface area (Å²) in [6, 6.07) is 8.11. The van der Waals surface area contributed by atoms with E-state index in [9.17, 15) is 0 Å². The highest BCUT2D eigenvalue weighted by Crippen LogP contribution is 2.06. The zero-order valence-corrected chi connectivity index (χ0v) is 12.0. The third-order valence-corrected chi connectivity index (χ3v) is 2.64. The molecule has 0 saturated carbocycles. The average molecular weight is 261 g/mol. The Morgan fingerprint density at radius 2 is 1.95 bits per heavy atom. The summed E-state index contributed by atoms with van der Waals surface area (Å²) >= 11 is 0. The lowest BCUT2D eigenvalue weighted by molar-refractivity contribution is 0.0627. The first-order valence-corrected chi connectivity index (χ1v) is 6.60. The van der Waals surface area contributed by atoms with Gasteiger partial charge < -0.3 is 9.84 Å². The molecule has 0 saturated heterocycles. The minimum atomic E-state index is -0.0969. The number of aliphatic hydroxyl groups is 1. The van der Waals surface area contributed by atoms with Gasteiger partial charge in [0.2, 0.25) is 0 Å². The summed E-state index contributed by atoms with van der Waals surface area (Å²) < 4.78 is 5.53. The zero-order chi connectivity index (χ0) is 14.1. The van der Waals surface area contributed by atoms with Gasteiger partial charge in [-0.3, -0.25) is 4.90 Å². The lowest BCUT2D eigenvalue weighted by atomic mass is 10.1. The number of nitrogens with zero attached hydrogens (tertiary/aromatic N) is 1. The largest absolute Gasteiger partial charge is 0.384 e. The molecule has 104 valence electrons. The van der Waals surface area contributed by atoms with E-state index in [-0.39, 0.29) is 12.7 Å². The van der Waals surface area contributed by atoms with Crippen molar-refractivity contribution in [3.63, 3.8) is 0 Å². The second-order valence-electron chi connectivity index (χ2n) is 4.81. The summed E-state index contributed by atoms with van der Waals surface area (Å²) in [6.45, 7) is 6.58. The molecular formula is C16H23NO2. The molecule has 0 amide bonds. The second-order valence-corrected chi connectivity index (χ2v) is 4.81. The normalized spacial score (nSPS) is 10.6. The van der Waals surface area contributed by atoms with Gasteiger partial charge in [0.15, 0.2) is 0 Å². The van der Waals surface area contributed by atoms with Crippen molar-refractivity contribution in [3.8, 4) is 11.8 Å². The Bertz CT molecular complexity index is 415. The molecule has 0 aliphatic rings. The molecule has 0 spiro atoms. The lowest BCUT2D eigenvalue weighted by Crippen LogP contribution is -2.23. The number of ether oxygens (including phenoxy) is 1. The molecule has 0 unspecified atom stereocenters. The standard InChI is InChI=1S/C16H23NO2/c1-14(2)19-12-10-17(3)13-16-8-6-15(7-9-16)5-4-11-18/h6-9,14,18H,10-13H2,1-3H3. The van der Waals surface area contributed by atoms with Crippen LogP contribution in [0.3, 0.4) is 0 Å². The molecule has 1 rings (SSSR count). The van der Waals surface area contributed by atoms with Crippen LogP contribution < -0.4 is 0 Å². The number of hydrogen-bond donors (Lipinski definition) is 1. The maximum absolute atomic E-state index is 8.63. The summed E-state index contributed by atoms with van der Waals surface area (Å²) in [5.74, 6) is 5.53. The SMILES string of the molecule is CC(C)OCCN(C)Cc1ccc(C#CCO)cc1. The summed E-state index contributed by atoms with van der Waals surface area (Å²) in [7, 11) is 2.09. The van der Waals surface area contributed by atoms with Crippen LogP contribution in [-0.2, 0) is 11.3 Å². The fourth-order valence-electron chi connectivity index (χ4n) is 1.67. The van der Waals surface area contributed by atoms with Crippen molar-refractivity contribution < 1.29 is 9.84 Å². The topological polar surface area (TPSA) is 32.7 Å². The van der Waals surface area contributed by atoms with Crippen LogP contribution in [0.4, 0.5) is 0 Å². The third-order valence-electron chi connectivity index (χ3n) is 2.64. The van der Waals surface area contributed by atoms with Gasteiger partial charge in [-0.2, -0.15) is 0 Å². The van der Waals surface area contributed by atoms with Crippen molar-refractivity contribution in [3.05, 3.63) is 35.4 Å². The molecule has 19 heavy (non-hydrogen) atoms. The average Bonchev–Trinajstić information content (AvgIpc) is 2.37. The molecule has 3 heteroatoms. The maximum atomic E-state index is 8.63. The Kier molecular flexibility index (Phi) is 7.20. The first-order valence-electron chi connectivity index (χ1n) is 6.60. The van der Waals surface area contributed by atoms with E-state index in [1.165, 1.54) is 5.56 Å². The highest BCUT2D eigenvalue weighted by molar-refractivity contribution is 5.36. The van der Waals surface area contributed by atoms with Gasteiger partial charge in [0.05, 0.1) is 12.7 Å². The first kappa shape index (κ1) is 15.7. The highest BCUT2D eigenvalue weighted by Gasteiger charge is 2.01. The van der Waals surface area contributed by atoms with Crippen molar-refractivity contribution in [2.24, 2.45) is 0 Å². The van der Waals surface area contributed by atoms with E-state index >= 15 is 0 Å². The van der Waals surface area contributed by atoms with Crippen molar-refractivity contribution in [2.75, 3.05) is 26.8 Å². The van der Waals surface area contributed by atoms with E-state index in [0.717, 1.165) is 25.3 Å². The number of likely N-dealkylation sites (N-methyl/N-ethyl adjacent to an activating group) is 1. The van der Waals surface area contributed by atoms with Crippen LogP contribution in [0.25, 0.3) is 0 Å². The van der Waals surface area contributed by atoms with Crippen LogP contribution in [0.1, 0.15) is 25.0 Å². The Hall–Kier alpha value is -1.34. The molecule has 3 nitrogen and oxygen atoms in total. The lowest BCUT2D eigenvalue weighted by Gasteiger charge is -2.17. The fraction of sp³-hybridized carbons (Fsp3) is 0.500. The molecule has 1 aromatic rings. The van der Waals surface area contributed by atoms with Crippen LogP contribution >= 0.6 is 0 Å². The Labute approximate surface area is 116 Å². The summed E-state index contributed by atoms with van der Waals surface area (Å²) in [6.07, 6.45) is 0.290. The molecule has 0 atom stereocenters. The predicted molar refractivity (Wildman–Crippen MR) is 77.8 cm³/mol. The van der Waals surface area contributed by atoms with Crippen LogP contribution in [0.5, 0.6) is 0 Å². The van der Waals surface area contributed by atoms with Gasteiger partial charge in [-0.15, -0.1) is 0 Å². The molecule has 0 aliphatic heterocycles.